The normalized spacial score (nSPS) is 20.0. The highest BCUT2D eigenvalue weighted by Crippen LogP contribution is 2.21. The second-order valence-electron chi connectivity index (χ2n) is 5.85. The van der Waals surface area contributed by atoms with E-state index in [1.165, 1.54) is 12.1 Å². The van der Waals surface area contributed by atoms with Gasteiger partial charge >= 0.3 is 0 Å². The van der Waals surface area contributed by atoms with Gasteiger partial charge in [0, 0.05) is 19.6 Å². The predicted octanol–water partition coefficient (Wildman–Crippen LogP) is 1.11. The number of halogens is 1. The van der Waals surface area contributed by atoms with Gasteiger partial charge < -0.3 is 9.84 Å². The predicted molar refractivity (Wildman–Crippen MR) is 95.0 cm³/mol. The monoisotopic (exact) mass is 387 g/mol. The summed E-state index contributed by atoms with van der Waals surface area (Å²) in [5.74, 6) is 0.814. The molecule has 2 heterocycles. The molecule has 0 radical (unpaired) electrons. The maximum Gasteiger partial charge on any atom is 0.244 e. The fraction of sp³-hybridized carbons (Fsp3) is 0.467. The Balaban J connectivity index is 0.00000225. The average molecular weight is 388 g/mol. The van der Waals surface area contributed by atoms with Crippen molar-refractivity contribution in [2.45, 2.75) is 23.9 Å². The van der Waals surface area contributed by atoms with Gasteiger partial charge in [-0.3, -0.25) is 4.90 Å². The first kappa shape index (κ1) is 19.8. The van der Waals surface area contributed by atoms with Crippen LogP contribution in [-0.2, 0) is 10.0 Å². The van der Waals surface area contributed by atoms with Gasteiger partial charge in [-0.25, -0.2) is 8.42 Å². The number of piperazine rings is 1. The molecule has 1 aliphatic rings. The molecule has 138 valence electrons. The molecule has 2 atom stereocenters. The Bertz CT molecular complexity index is 783. The summed E-state index contributed by atoms with van der Waals surface area (Å²) in [4.78, 5) is 6.72. The Morgan fingerprint density at radius 3 is 2.76 bits per heavy atom. The number of likely N-dealkylation sites (N-methyl/N-ethyl adjacent to an activating group) is 1. The standard InChI is InChI=1S/C15H21N5O3S.ClH/c1-11(19-24(21,22)12-6-4-3-5-7-12)15-17-14(18-23-15)13-10-16-8-9-20(13)2;/h3-7,11,13,16,19H,8-10H2,1-2H3;1H. The van der Waals surface area contributed by atoms with E-state index in [1.54, 1.807) is 25.1 Å². The van der Waals surface area contributed by atoms with Crippen LogP contribution in [-0.4, -0.2) is 50.1 Å². The van der Waals surface area contributed by atoms with Crippen molar-refractivity contribution in [2.24, 2.45) is 0 Å². The van der Waals surface area contributed by atoms with Crippen LogP contribution in [0.3, 0.4) is 0 Å². The molecule has 1 saturated heterocycles. The van der Waals surface area contributed by atoms with Crippen LogP contribution in [0, 0.1) is 0 Å². The molecule has 1 aromatic carbocycles. The molecule has 1 fully saturated rings. The first-order valence-corrected chi connectivity index (χ1v) is 9.27. The lowest BCUT2D eigenvalue weighted by Gasteiger charge is -2.30. The lowest BCUT2D eigenvalue weighted by molar-refractivity contribution is 0.190. The van der Waals surface area contributed by atoms with E-state index in [0.717, 1.165) is 19.6 Å². The Labute approximate surface area is 153 Å². The van der Waals surface area contributed by atoms with E-state index in [1.807, 2.05) is 7.05 Å². The van der Waals surface area contributed by atoms with E-state index in [9.17, 15) is 8.42 Å². The fourth-order valence-electron chi connectivity index (χ4n) is 2.60. The van der Waals surface area contributed by atoms with Crippen molar-refractivity contribution in [1.29, 1.82) is 0 Å². The van der Waals surface area contributed by atoms with Gasteiger partial charge in [0.25, 0.3) is 0 Å². The third-order valence-electron chi connectivity index (χ3n) is 4.02. The quantitative estimate of drug-likeness (QED) is 0.792. The van der Waals surface area contributed by atoms with E-state index in [-0.39, 0.29) is 29.2 Å². The van der Waals surface area contributed by atoms with Crippen molar-refractivity contribution in [3.8, 4) is 0 Å². The topological polar surface area (TPSA) is 100 Å². The zero-order valence-corrected chi connectivity index (χ0v) is 15.7. The largest absolute Gasteiger partial charge is 0.338 e. The van der Waals surface area contributed by atoms with E-state index >= 15 is 0 Å². The van der Waals surface area contributed by atoms with Crippen LogP contribution in [0.2, 0.25) is 0 Å². The molecule has 2 unspecified atom stereocenters. The first-order chi connectivity index (χ1) is 11.5. The highest BCUT2D eigenvalue weighted by Gasteiger charge is 2.27. The lowest BCUT2D eigenvalue weighted by Crippen LogP contribution is -2.44. The van der Waals surface area contributed by atoms with Crippen LogP contribution in [0.5, 0.6) is 0 Å². The number of aromatic nitrogens is 2. The van der Waals surface area contributed by atoms with Gasteiger partial charge in [-0.1, -0.05) is 23.4 Å². The number of nitrogens with zero attached hydrogens (tertiary/aromatic N) is 3. The molecule has 1 aliphatic heterocycles. The Morgan fingerprint density at radius 2 is 2.08 bits per heavy atom. The Morgan fingerprint density at radius 1 is 1.36 bits per heavy atom. The zero-order chi connectivity index (χ0) is 17.2. The minimum atomic E-state index is -3.63. The summed E-state index contributed by atoms with van der Waals surface area (Å²) in [6, 6.07) is 7.61. The number of sulfonamides is 1. The molecule has 25 heavy (non-hydrogen) atoms. The fourth-order valence-corrected chi connectivity index (χ4v) is 3.82. The summed E-state index contributed by atoms with van der Waals surface area (Å²) >= 11 is 0. The number of hydrogen-bond donors (Lipinski definition) is 2. The molecule has 8 nitrogen and oxygen atoms in total. The molecule has 10 heteroatoms. The van der Waals surface area contributed by atoms with Crippen LogP contribution < -0.4 is 10.0 Å². The van der Waals surface area contributed by atoms with Crippen LogP contribution in [0.1, 0.15) is 30.7 Å². The van der Waals surface area contributed by atoms with Crippen molar-refractivity contribution >= 4 is 22.4 Å². The summed E-state index contributed by atoms with van der Waals surface area (Å²) < 4.78 is 32.5. The van der Waals surface area contributed by atoms with E-state index < -0.39 is 16.1 Å². The lowest BCUT2D eigenvalue weighted by atomic mass is 10.2. The second-order valence-corrected chi connectivity index (χ2v) is 7.56. The Kier molecular flexibility index (Phi) is 6.53. The van der Waals surface area contributed by atoms with Gasteiger partial charge in [-0.15, -0.1) is 12.4 Å². The summed E-state index contributed by atoms with van der Waals surface area (Å²) in [5.41, 5.74) is 0. The van der Waals surface area contributed by atoms with Gasteiger partial charge in [-0.2, -0.15) is 9.71 Å². The third kappa shape index (κ3) is 4.56. The van der Waals surface area contributed by atoms with Gasteiger partial charge in [0.2, 0.25) is 15.9 Å². The molecule has 0 saturated carbocycles. The van der Waals surface area contributed by atoms with Crippen LogP contribution >= 0.6 is 12.4 Å². The minimum Gasteiger partial charge on any atom is -0.338 e. The SMILES string of the molecule is CC(NS(=O)(=O)c1ccccc1)c1nc(C2CNCCN2C)no1.Cl. The molecule has 3 rings (SSSR count). The highest BCUT2D eigenvalue weighted by atomic mass is 35.5. The molecular weight excluding hydrogens is 366 g/mol. The molecular formula is C15H22ClN5O3S. The van der Waals surface area contributed by atoms with Gasteiger partial charge in [-0.05, 0) is 26.1 Å². The molecule has 0 amide bonds. The third-order valence-corrected chi connectivity index (χ3v) is 5.58. The first-order valence-electron chi connectivity index (χ1n) is 7.79. The summed E-state index contributed by atoms with van der Waals surface area (Å²) in [5, 5.41) is 7.30. The van der Waals surface area contributed by atoms with Crippen molar-refractivity contribution in [3.05, 3.63) is 42.0 Å². The Hall–Kier alpha value is -1.52. The molecule has 0 aliphatic carbocycles. The average Bonchev–Trinajstić information content (AvgIpc) is 3.06. The minimum absolute atomic E-state index is 0. The van der Waals surface area contributed by atoms with Gasteiger partial charge in [0.05, 0.1) is 17.0 Å². The molecule has 0 spiro atoms. The van der Waals surface area contributed by atoms with Crippen molar-refractivity contribution in [2.75, 3.05) is 26.7 Å². The molecule has 2 aromatic rings. The van der Waals surface area contributed by atoms with Crippen molar-refractivity contribution < 1.29 is 12.9 Å². The van der Waals surface area contributed by atoms with Gasteiger partial charge in [0.15, 0.2) is 5.82 Å². The maximum absolute atomic E-state index is 12.4. The van der Waals surface area contributed by atoms with Crippen molar-refractivity contribution in [3.63, 3.8) is 0 Å². The zero-order valence-electron chi connectivity index (χ0n) is 14.0. The smallest absolute Gasteiger partial charge is 0.244 e. The van der Waals surface area contributed by atoms with Crippen LogP contribution in [0.25, 0.3) is 0 Å². The molecule has 0 bridgehead atoms. The second kappa shape index (κ2) is 8.24. The van der Waals surface area contributed by atoms with E-state index in [0.29, 0.717) is 5.82 Å². The van der Waals surface area contributed by atoms with E-state index in [4.69, 9.17) is 4.52 Å². The molecule has 1 aromatic heterocycles. The summed E-state index contributed by atoms with van der Waals surface area (Å²) in [6.07, 6.45) is 0. The summed E-state index contributed by atoms with van der Waals surface area (Å²) in [6.45, 7) is 4.23. The number of benzene rings is 1. The number of hydrogen-bond acceptors (Lipinski definition) is 7. The molecule has 2 N–H and O–H groups in total. The van der Waals surface area contributed by atoms with Crippen LogP contribution in [0.15, 0.2) is 39.8 Å². The number of rotatable bonds is 5. The van der Waals surface area contributed by atoms with Crippen LogP contribution in [0.4, 0.5) is 0 Å². The maximum atomic E-state index is 12.4. The number of nitrogens with one attached hydrogen (secondary N) is 2. The van der Waals surface area contributed by atoms with E-state index in [2.05, 4.69) is 25.1 Å². The van der Waals surface area contributed by atoms with Crippen molar-refractivity contribution in [1.82, 2.24) is 25.1 Å². The van der Waals surface area contributed by atoms with Gasteiger partial charge in [0.1, 0.15) is 0 Å². The highest BCUT2D eigenvalue weighted by molar-refractivity contribution is 7.89. The summed E-state index contributed by atoms with van der Waals surface area (Å²) in [7, 11) is -1.63.